The molecule has 0 radical (unpaired) electrons. The molecule has 8 heteroatoms. The standard InChI is InChI=1S/C15H22N2O6/c1-3-23-14-6-5-12(11-13(14)17(20)21)15(19)16(8-9-18)7-4-10-22-2/h5-6,11,18H,3-4,7-10H2,1-2H3. The van der Waals surface area contributed by atoms with E-state index in [0.717, 1.165) is 0 Å². The van der Waals surface area contributed by atoms with E-state index >= 15 is 0 Å². The first kappa shape index (κ1) is 18.9. The highest BCUT2D eigenvalue weighted by Crippen LogP contribution is 2.28. The van der Waals surface area contributed by atoms with E-state index in [4.69, 9.17) is 14.6 Å². The van der Waals surface area contributed by atoms with Crippen molar-refractivity contribution in [2.24, 2.45) is 0 Å². The third-order valence-corrected chi connectivity index (χ3v) is 3.14. The van der Waals surface area contributed by atoms with Crippen molar-refractivity contribution in [3.8, 4) is 5.75 Å². The second-order valence-corrected chi connectivity index (χ2v) is 4.73. The molecule has 23 heavy (non-hydrogen) atoms. The number of rotatable bonds is 10. The molecule has 1 aromatic rings. The Morgan fingerprint density at radius 3 is 2.70 bits per heavy atom. The predicted octanol–water partition coefficient (Wildman–Crippen LogP) is 1.46. The van der Waals surface area contributed by atoms with E-state index in [9.17, 15) is 14.9 Å². The van der Waals surface area contributed by atoms with Crippen LogP contribution in [0, 0.1) is 10.1 Å². The molecule has 128 valence electrons. The zero-order valence-electron chi connectivity index (χ0n) is 13.4. The Morgan fingerprint density at radius 1 is 1.39 bits per heavy atom. The van der Waals surface area contributed by atoms with E-state index in [-0.39, 0.29) is 36.1 Å². The molecule has 0 spiro atoms. The Hall–Kier alpha value is -2.19. The van der Waals surface area contributed by atoms with Gasteiger partial charge in [0, 0.05) is 38.4 Å². The van der Waals surface area contributed by atoms with Crippen LogP contribution in [-0.4, -0.2) is 60.9 Å². The predicted molar refractivity (Wildman–Crippen MR) is 83.7 cm³/mol. The minimum Gasteiger partial charge on any atom is -0.487 e. The number of amides is 1. The van der Waals surface area contributed by atoms with Gasteiger partial charge in [0.1, 0.15) is 0 Å². The quantitative estimate of drug-likeness (QED) is 0.397. The molecular weight excluding hydrogens is 304 g/mol. The second-order valence-electron chi connectivity index (χ2n) is 4.73. The number of ether oxygens (including phenoxy) is 2. The van der Waals surface area contributed by atoms with Crippen molar-refractivity contribution in [2.75, 3.05) is 40.0 Å². The average molecular weight is 326 g/mol. The van der Waals surface area contributed by atoms with Gasteiger partial charge < -0.3 is 19.5 Å². The molecule has 0 saturated heterocycles. The first-order valence-corrected chi connectivity index (χ1v) is 7.35. The van der Waals surface area contributed by atoms with Crippen LogP contribution in [0.3, 0.4) is 0 Å². The van der Waals surface area contributed by atoms with Crippen molar-refractivity contribution < 1.29 is 24.3 Å². The van der Waals surface area contributed by atoms with Crippen LogP contribution in [0.15, 0.2) is 18.2 Å². The van der Waals surface area contributed by atoms with E-state index in [0.29, 0.717) is 26.2 Å². The van der Waals surface area contributed by atoms with E-state index < -0.39 is 4.92 Å². The lowest BCUT2D eigenvalue weighted by molar-refractivity contribution is -0.385. The summed E-state index contributed by atoms with van der Waals surface area (Å²) in [7, 11) is 1.56. The molecule has 0 heterocycles. The molecule has 1 amide bonds. The summed E-state index contributed by atoms with van der Waals surface area (Å²) in [6.45, 7) is 2.87. The van der Waals surface area contributed by atoms with Gasteiger partial charge >= 0.3 is 5.69 Å². The van der Waals surface area contributed by atoms with E-state index in [1.807, 2.05) is 0 Å². The zero-order chi connectivity index (χ0) is 17.2. The fourth-order valence-electron chi connectivity index (χ4n) is 2.09. The van der Waals surface area contributed by atoms with Crippen LogP contribution < -0.4 is 4.74 Å². The number of nitro groups is 1. The topological polar surface area (TPSA) is 102 Å². The largest absolute Gasteiger partial charge is 0.487 e. The number of aliphatic hydroxyl groups excluding tert-OH is 1. The van der Waals surface area contributed by atoms with Gasteiger partial charge in [0.25, 0.3) is 5.91 Å². The lowest BCUT2D eigenvalue weighted by Gasteiger charge is -2.21. The minimum absolute atomic E-state index is 0.127. The van der Waals surface area contributed by atoms with Crippen LogP contribution in [0.25, 0.3) is 0 Å². The number of hydrogen-bond acceptors (Lipinski definition) is 6. The van der Waals surface area contributed by atoms with Crippen LogP contribution in [-0.2, 0) is 4.74 Å². The van der Waals surface area contributed by atoms with E-state index in [1.165, 1.54) is 23.1 Å². The SMILES string of the molecule is CCOc1ccc(C(=O)N(CCO)CCCOC)cc1[N+](=O)[O-]. The third kappa shape index (κ3) is 5.50. The van der Waals surface area contributed by atoms with Gasteiger partial charge in [-0.05, 0) is 25.5 Å². The van der Waals surface area contributed by atoms with Crippen molar-refractivity contribution in [1.29, 1.82) is 0 Å². The Morgan fingerprint density at radius 2 is 2.13 bits per heavy atom. The Bertz CT molecular complexity index is 535. The van der Waals surface area contributed by atoms with Gasteiger partial charge in [0.05, 0.1) is 18.1 Å². The first-order chi connectivity index (χ1) is 11.0. The van der Waals surface area contributed by atoms with Crippen molar-refractivity contribution in [3.05, 3.63) is 33.9 Å². The molecule has 1 rings (SSSR count). The van der Waals surface area contributed by atoms with Crippen molar-refractivity contribution in [3.63, 3.8) is 0 Å². The fourth-order valence-corrected chi connectivity index (χ4v) is 2.09. The summed E-state index contributed by atoms with van der Waals surface area (Å²) in [6, 6.07) is 4.11. The van der Waals surface area contributed by atoms with Gasteiger partial charge in [-0.1, -0.05) is 0 Å². The third-order valence-electron chi connectivity index (χ3n) is 3.14. The summed E-state index contributed by atoms with van der Waals surface area (Å²) in [4.78, 5) is 24.5. The van der Waals surface area contributed by atoms with Crippen molar-refractivity contribution in [1.82, 2.24) is 4.90 Å². The van der Waals surface area contributed by atoms with E-state index in [2.05, 4.69) is 0 Å². The number of methoxy groups -OCH3 is 1. The lowest BCUT2D eigenvalue weighted by Crippen LogP contribution is -2.35. The summed E-state index contributed by atoms with van der Waals surface area (Å²) in [6.07, 6.45) is 0.612. The van der Waals surface area contributed by atoms with Crippen molar-refractivity contribution in [2.45, 2.75) is 13.3 Å². The molecule has 0 aliphatic carbocycles. The monoisotopic (exact) mass is 326 g/mol. The minimum atomic E-state index is -0.580. The number of nitrogens with zero attached hydrogens (tertiary/aromatic N) is 2. The number of hydrogen-bond donors (Lipinski definition) is 1. The maximum absolute atomic E-state index is 12.5. The van der Waals surface area contributed by atoms with E-state index in [1.54, 1.807) is 14.0 Å². The molecule has 0 aliphatic rings. The molecule has 8 nitrogen and oxygen atoms in total. The van der Waals surface area contributed by atoms with Gasteiger partial charge in [0.15, 0.2) is 5.75 Å². The first-order valence-electron chi connectivity index (χ1n) is 7.35. The lowest BCUT2D eigenvalue weighted by atomic mass is 10.1. The molecule has 1 aromatic carbocycles. The summed E-state index contributed by atoms with van der Waals surface area (Å²) < 4.78 is 10.1. The van der Waals surface area contributed by atoms with Gasteiger partial charge in [-0.25, -0.2) is 0 Å². The van der Waals surface area contributed by atoms with Crippen LogP contribution in [0.2, 0.25) is 0 Å². The van der Waals surface area contributed by atoms with Crippen molar-refractivity contribution >= 4 is 11.6 Å². The number of benzene rings is 1. The highest BCUT2D eigenvalue weighted by atomic mass is 16.6. The maximum atomic E-state index is 12.5. The molecule has 0 unspecified atom stereocenters. The number of carbonyl (C=O) groups excluding carboxylic acids is 1. The molecule has 0 bridgehead atoms. The second kappa shape index (κ2) is 9.75. The Labute approximate surface area is 134 Å². The average Bonchev–Trinajstić information content (AvgIpc) is 2.54. The molecule has 0 aliphatic heterocycles. The zero-order valence-corrected chi connectivity index (χ0v) is 13.4. The highest BCUT2D eigenvalue weighted by molar-refractivity contribution is 5.95. The molecular formula is C15H22N2O6. The molecule has 0 fully saturated rings. The van der Waals surface area contributed by atoms with Gasteiger partial charge in [-0.3, -0.25) is 14.9 Å². The van der Waals surface area contributed by atoms with Gasteiger partial charge in [-0.2, -0.15) is 0 Å². The van der Waals surface area contributed by atoms with Crippen LogP contribution in [0.4, 0.5) is 5.69 Å². The summed E-state index contributed by atoms with van der Waals surface area (Å²) in [5, 5.41) is 20.2. The molecule has 0 saturated carbocycles. The fraction of sp³-hybridized carbons (Fsp3) is 0.533. The van der Waals surface area contributed by atoms with Gasteiger partial charge in [-0.15, -0.1) is 0 Å². The van der Waals surface area contributed by atoms with Crippen LogP contribution >= 0.6 is 0 Å². The molecule has 0 atom stereocenters. The summed E-state index contributed by atoms with van der Waals surface area (Å²) in [5.74, 6) is -0.247. The molecule has 0 aromatic heterocycles. The van der Waals surface area contributed by atoms with Crippen LogP contribution in [0.5, 0.6) is 5.75 Å². The smallest absolute Gasteiger partial charge is 0.311 e. The normalized spacial score (nSPS) is 10.4. The van der Waals surface area contributed by atoms with Gasteiger partial charge in [0.2, 0.25) is 0 Å². The van der Waals surface area contributed by atoms with Crippen LogP contribution in [0.1, 0.15) is 23.7 Å². The summed E-state index contributed by atoms with van der Waals surface area (Å²) >= 11 is 0. The summed E-state index contributed by atoms with van der Waals surface area (Å²) in [5.41, 5.74) is -0.0652. The Kier molecular flexibility index (Phi) is 8.00. The Balaban J connectivity index is 2.99. The number of nitro benzene ring substituents is 1. The molecule has 1 N–H and O–H groups in total. The number of carbonyl (C=O) groups is 1. The highest BCUT2D eigenvalue weighted by Gasteiger charge is 2.21. The number of aliphatic hydroxyl groups is 1. The maximum Gasteiger partial charge on any atom is 0.311 e.